The summed E-state index contributed by atoms with van der Waals surface area (Å²) in [4.78, 5) is 0. The quantitative estimate of drug-likeness (QED) is 0.550. The third-order valence-corrected chi connectivity index (χ3v) is 0. The van der Waals surface area contributed by atoms with Crippen molar-refractivity contribution in [2.75, 3.05) is 0 Å². The molecule has 0 spiro atoms. The minimum absolute atomic E-state index is 0. The number of rotatable bonds is 0. The van der Waals surface area contributed by atoms with Gasteiger partial charge in [0.25, 0.3) is 0 Å². The summed E-state index contributed by atoms with van der Waals surface area (Å²) in [5, 5.41) is 0. The van der Waals surface area contributed by atoms with E-state index in [2.05, 4.69) is 0 Å². The molecule has 0 aromatic heterocycles. The van der Waals surface area contributed by atoms with E-state index in [9.17, 15) is 0 Å². The molecule has 0 aliphatic carbocycles. The Labute approximate surface area is 91.3 Å². The Morgan fingerprint density at radius 2 is 0.600 bits per heavy atom. The van der Waals surface area contributed by atoms with Gasteiger partial charge in [0.1, 0.15) is 0 Å². The average molecular weight is 380 g/mol. The third kappa shape index (κ3) is 21.3. The van der Waals surface area contributed by atoms with Crippen molar-refractivity contribution in [2.45, 2.75) is 0 Å². The molecule has 1 radical (unpaired) electrons. The predicted molar refractivity (Wildman–Crippen MR) is 2.06 cm³/mol. The molecule has 0 bridgehead atoms. The van der Waals surface area contributed by atoms with Gasteiger partial charge in [-0.3, -0.25) is 0 Å². The maximum Gasteiger partial charge on any atom is 3.00 e. The maximum absolute atomic E-state index is 0. The van der Waals surface area contributed by atoms with Crippen molar-refractivity contribution in [3.8, 4) is 0 Å². The summed E-state index contributed by atoms with van der Waals surface area (Å²) >= 11 is 0. The molecule has 0 atom stereocenters. The van der Waals surface area contributed by atoms with Gasteiger partial charge in [-0.2, -0.15) is 0 Å². The minimum atomic E-state index is 0. The average Bonchev–Trinajstić information content (AvgIpc) is 0. The van der Waals surface area contributed by atoms with Crippen LogP contribution in [0.4, 0.5) is 0 Å². The molecule has 0 unspecified atom stereocenters. The zero-order valence-corrected chi connectivity index (χ0v) is 5.76. The van der Waals surface area contributed by atoms with E-state index in [1.807, 2.05) is 0 Å². The van der Waals surface area contributed by atoms with Crippen LogP contribution in [-0.2, 0) is 16.4 Å². The van der Waals surface area contributed by atoms with E-state index in [0.29, 0.717) is 0 Å². The number of hydrogen-bond acceptors (Lipinski definition) is 0. The van der Waals surface area contributed by atoms with E-state index in [1.165, 1.54) is 0 Å². The van der Waals surface area contributed by atoms with Gasteiger partial charge in [-0.15, -0.1) is 0 Å². The Morgan fingerprint density at radius 3 is 0.600 bits per heavy atom. The fourth-order valence-corrected chi connectivity index (χ4v) is 0. The molecule has 0 saturated heterocycles. The van der Waals surface area contributed by atoms with Crippen LogP contribution in [0.2, 0.25) is 0 Å². The topological polar surface area (TPSA) is 85.5 Å². The Hall–Kier alpha value is 2.44. The molecule has 0 aromatic carbocycles. The molecule has 0 aliphatic heterocycles. The largest absolute Gasteiger partial charge is 3.00 e. The van der Waals surface area contributed by atoms with Crippen molar-refractivity contribution in [1.29, 1.82) is 0 Å². The zero-order valence-electron chi connectivity index (χ0n) is 1.84. The van der Waals surface area contributed by atoms with E-state index < -0.39 is 0 Å². The molecular weight excluding hydrogens is 380 g/mol. The summed E-state index contributed by atoms with van der Waals surface area (Å²) in [6.07, 6.45) is 0. The predicted octanol–water partition coefficient (Wildman–Crippen LogP) is -0.356. The van der Waals surface area contributed by atoms with E-state index in [0.717, 1.165) is 0 Å². The van der Waals surface area contributed by atoms with Crippen molar-refractivity contribution in [1.82, 2.24) is 0 Å². The van der Waals surface area contributed by atoms with Crippen molar-refractivity contribution in [3.05, 3.63) is 0 Å². The first-order chi connectivity index (χ1) is 0. The van der Waals surface area contributed by atoms with Gasteiger partial charge in [0.15, 0.2) is 0 Å². The second kappa shape index (κ2) is 32.0. The first-order valence-electron chi connectivity index (χ1n) is 0. The SMILES string of the molecule is [Gd+3].[Lu+3].[O-2].[O-2].[O-2]. The summed E-state index contributed by atoms with van der Waals surface area (Å²) in [5.41, 5.74) is 0. The third-order valence-electron chi connectivity index (χ3n) is 0. The van der Waals surface area contributed by atoms with Crippen molar-refractivity contribution in [3.63, 3.8) is 0 Å². The van der Waals surface area contributed by atoms with E-state index >= 15 is 0 Å². The smallest absolute Gasteiger partial charge is 2.00 e. The van der Waals surface area contributed by atoms with Crippen molar-refractivity contribution >= 4 is 0 Å². The molecule has 0 aliphatic rings. The Morgan fingerprint density at radius 1 is 0.600 bits per heavy atom. The standard InChI is InChI=1S/Gd.Lu.3O/q2*+3;3*-2. The Bertz CT molecular complexity index is 6.85. The van der Waals surface area contributed by atoms with Crippen LogP contribution in [0.3, 0.4) is 0 Å². The van der Waals surface area contributed by atoms with Gasteiger partial charge in [-0.05, 0) is 0 Å². The molecule has 0 fully saturated rings. The van der Waals surface area contributed by atoms with Crippen molar-refractivity contribution < 1.29 is 93.2 Å². The molecular formula is GdLuO3. The first kappa shape index (κ1) is 51.9. The molecule has 41 valence electrons. The second-order valence-corrected chi connectivity index (χ2v) is 0. The second-order valence-electron chi connectivity index (χ2n) is 0. The van der Waals surface area contributed by atoms with Gasteiger partial charge in [0.05, 0.1) is 0 Å². The van der Waals surface area contributed by atoms with Gasteiger partial charge in [-0.1, -0.05) is 0 Å². The summed E-state index contributed by atoms with van der Waals surface area (Å²) in [6, 6.07) is 0. The monoisotopic (exact) mass is 381 g/mol. The molecule has 0 N–H and O–H groups in total. The molecule has 0 amide bonds. The van der Waals surface area contributed by atoms with Crippen LogP contribution in [0.5, 0.6) is 0 Å². The van der Waals surface area contributed by atoms with Crippen LogP contribution < -0.4 is 0 Å². The van der Waals surface area contributed by atoms with Crippen LogP contribution >= 0.6 is 0 Å². The molecule has 0 heterocycles. The summed E-state index contributed by atoms with van der Waals surface area (Å²) < 4.78 is 0. The van der Waals surface area contributed by atoms with Crippen LogP contribution in [0.25, 0.3) is 0 Å². The molecule has 3 nitrogen and oxygen atoms in total. The first-order valence-corrected chi connectivity index (χ1v) is 0. The van der Waals surface area contributed by atoms with Gasteiger partial charge < -0.3 is 16.4 Å². The summed E-state index contributed by atoms with van der Waals surface area (Å²) in [6.45, 7) is 0. The number of hydrogen-bond donors (Lipinski definition) is 0. The van der Waals surface area contributed by atoms with E-state index in [-0.39, 0.29) is 93.2 Å². The molecule has 0 saturated carbocycles. The Kier molecular flexibility index (Phi) is 332. The summed E-state index contributed by atoms with van der Waals surface area (Å²) in [7, 11) is 0. The molecule has 5 heavy (non-hydrogen) atoms. The van der Waals surface area contributed by atoms with Gasteiger partial charge >= 0.3 is 76.8 Å². The molecule has 0 aromatic rings. The normalized spacial score (nSPS) is 0. The van der Waals surface area contributed by atoms with E-state index in [4.69, 9.17) is 0 Å². The van der Waals surface area contributed by atoms with Crippen LogP contribution in [0.1, 0.15) is 0 Å². The maximum atomic E-state index is 0. The molecule has 0 rings (SSSR count). The fourth-order valence-electron chi connectivity index (χ4n) is 0. The van der Waals surface area contributed by atoms with Crippen LogP contribution in [-0.4, -0.2) is 0 Å². The van der Waals surface area contributed by atoms with Crippen LogP contribution in [0, 0.1) is 76.8 Å². The summed E-state index contributed by atoms with van der Waals surface area (Å²) in [5.74, 6) is 0. The van der Waals surface area contributed by atoms with Gasteiger partial charge in [0, 0.05) is 0 Å². The van der Waals surface area contributed by atoms with Crippen LogP contribution in [0.15, 0.2) is 0 Å². The van der Waals surface area contributed by atoms with E-state index in [1.54, 1.807) is 0 Å². The Balaban J connectivity index is 0. The van der Waals surface area contributed by atoms with Crippen molar-refractivity contribution in [2.24, 2.45) is 0 Å². The van der Waals surface area contributed by atoms with Gasteiger partial charge in [-0.25, -0.2) is 0 Å². The fraction of sp³-hybridized carbons (Fsp3) is 0. The minimum Gasteiger partial charge on any atom is -2.00 e. The van der Waals surface area contributed by atoms with Gasteiger partial charge in [0.2, 0.25) is 0 Å². The zero-order chi connectivity index (χ0) is 0. The molecule has 5 heteroatoms.